The van der Waals surface area contributed by atoms with Crippen LogP contribution in [0.25, 0.3) is 0 Å². The Kier molecular flexibility index (Phi) is 4.45. The predicted octanol–water partition coefficient (Wildman–Crippen LogP) is 0.842. The van der Waals surface area contributed by atoms with Gasteiger partial charge < -0.3 is 0 Å². The molecule has 1 aliphatic carbocycles. The van der Waals surface area contributed by atoms with E-state index in [1.54, 1.807) is 18.2 Å². The molecule has 9 heteroatoms. The SMILES string of the molecule is [B]c1ccc2c(c1)C1(CCCC1)C(=O)N(CC(=O)Nc1ncc(F)cn1)C2=O. The van der Waals surface area contributed by atoms with Crippen molar-refractivity contribution in [2.24, 2.45) is 0 Å². The van der Waals surface area contributed by atoms with Gasteiger partial charge in [-0.05, 0) is 24.5 Å². The summed E-state index contributed by atoms with van der Waals surface area (Å²) in [6.07, 6.45) is 4.75. The molecular formula is C19H16BFN4O3. The molecular weight excluding hydrogens is 362 g/mol. The molecule has 1 aromatic heterocycles. The summed E-state index contributed by atoms with van der Waals surface area (Å²) in [5, 5.41) is 2.38. The average Bonchev–Trinajstić information content (AvgIpc) is 3.17. The molecule has 0 atom stereocenters. The van der Waals surface area contributed by atoms with Crippen molar-refractivity contribution < 1.29 is 18.8 Å². The van der Waals surface area contributed by atoms with Gasteiger partial charge in [-0.15, -0.1) is 0 Å². The molecule has 0 bridgehead atoms. The van der Waals surface area contributed by atoms with Gasteiger partial charge in [-0.2, -0.15) is 0 Å². The van der Waals surface area contributed by atoms with E-state index in [4.69, 9.17) is 7.85 Å². The van der Waals surface area contributed by atoms with Crippen LogP contribution in [0.15, 0.2) is 30.6 Å². The topological polar surface area (TPSA) is 92.3 Å². The lowest BCUT2D eigenvalue weighted by Gasteiger charge is -2.39. The summed E-state index contributed by atoms with van der Waals surface area (Å²) in [5.74, 6) is -2.30. The zero-order valence-corrected chi connectivity index (χ0v) is 14.9. The number of carbonyl (C=O) groups is 3. The Morgan fingerprint density at radius 3 is 2.57 bits per heavy atom. The fraction of sp³-hybridized carbons (Fsp3) is 0.316. The average molecular weight is 378 g/mol. The van der Waals surface area contributed by atoms with Crippen molar-refractivity contribution in [2.75, 3.05) is 11.9 Å². The Morgan fingerprint density at radius 2 is 1.89 bits per heavy atom. The second-order valence-electron chi connectivity index (χ2n) is 7.06. The zero-order chi connectivity index (χ0) is 19.9. The van der Waals surface area contributed by atoms with Crippen molar-refractivity contribution in [2.45, 2.75) is 31.1 Å². The first-order chi connectivity index (χ1) is 13.4. The fourth-order valence-corrected chi connectivity index (χ4v) is 4.05. The first-order valence-corrected chi connectivity index (χ1v) is 8.94. The largest absolute Gasteiger partial charge is 0.293 e. The number of halogens is 1. The van der Waals surface area contributed by atoms with E-state index in [2.05, 4.69) is 15.3 Å². The van der Waals surface area contributed by atoms with Crippen molar-refractivity contribution in [1.82, 2.24) is 14.9 Å². The lowest BCUT2D eigenvalue weighted by atomic mass is 9.71. The van der Waals surface area contributed by atoms with E-state index < -0.39 is 29.6 Å². The highest BCUT2D eigenvalue weighted by Crippen LogP contribution is 2.46. The Bertz CT molecular complexity index is 974. The van der Waals surface area contributed by atoms with E-state index in [0.717, 1.165) is 30.1 Å². The van der Waals surface area contributed by atoms with Gasteiger partial charge in [-0.1, -0.05) is 30.4 Å². The third-order valence-electron chi connectivity index (χ3n) is 5.32. The molecule has 4 rings (SSSR count). The molecule has 3 amide bonds. The number of amides is 3. The van der Waals surface area contributed by atoms with Crippen molar-refractivity contribution in [3.63, 3.8) is 0 Å². The quantitative estimate of drug-likeness (QED) is 0.632. The van der Waals surface area contributed by atoms with Crippen LogP contribution in [-0.2, 0) is 15.0 Å². The summed E-state index contributed by atoms with van der Waals surface area (Å²) in [6.45, 7) is -0.468. The second kappa shape index (κ2) is 6.81. The number of imide groups is 1. The van der Waals surface area contributed by atoms with Crippen LogP contribution in [-0.4, -0.2) is 47.0 Å². The molecule has 1 fully saturated rings. The predicted molar refractivity (Wildman–Crippen MR) is 98.6 cm³/mol. The normalized spacial score (nSPS) is 17.7. The van der Waals surface area contributed by atoms with E-state index in [9.17, 15) is 18.8 Å². The number of hydrogen-bond acceptors (Lipinski definition) is 5. The highest BCUT2D eigenvalue weighted by Gasteiger charge is 2.52. The summed E-state index contributed by atoms with van der Waals surface area (Å²) in [5.41, 5.74) is 0.705. The minimum absolute atomic E-state index is 0.105. The molecule has 1 aliphatic heterocycles. The summed E-state index contributed by atoms with van der Waals surface area (Å²) in [4.78, 5) is 46.8. The van der Waals surface area contributed by atoms with E-state index in [-0.39, 0.29) is 11.9 Å². The van der Waals surface area contributed by atoms with E-state index in [0.29, 0.717) is 29.4 Å². The maximum Gasteiger partial charge on any atom is 0.261 e. The third-order valence-corrected chi connectivity index (χ3v) is 5.32. The van der Waals surface area contributed by atoms with Crippen LogP contribution in [0.3, 0.4) is 0 Å². The number of nitrogens with zero attached hydrogens (tertiary/aromatic N) is 3. The van der Waals surface area contributed by atoms with Crippen LogP contribution in [0.2, 0.25) is 0 Å². The zero-order valence-electron chi connectivity index (χ0n) is 14.9. The van der Waals surface area contributed by atoms with Crippen LogP contribution in [0.1, 0.15) is 41.6 Å². The number of benzene rings is 1. The van der Waals surface area contributed by atoms with Gasteiger partial charge in [0.1, 0.15) is 14.4 Å². The number of aromatic nitrogens is 2. The number of carbonyl (C=O) groups excluding carboxylic acids is 3. The lowest BCUT2D eigenvalue weighted by molar-refractivity contribution is -0.137. The van der Waals surface area contributed by atoms with E-state index in [1.807, 2.05) is 0 Å². The number of hydrogen-bond donors (Lipinski definition) is 1. The van der Waals surface area contributed by atoms with Crippen LogP contribution in [0.5, 0.6) is 0 Å². The molecule has 0 unspecified atom stereocenters. The van der Waals surface area contributed by atoms with Crippen molar-refractivity contribution in [1.29, 1.82) is 0 Å². The maximum atomic E-state index is 13.3. The number of nitrogens with one attached hydrogen (secondary N) is 1. The Hall–Kier alpha value is -3.10. The highest BCUT2D eigenvalue weighted by atomic mass is 19.1. The Labute approximate surface area is 161 Å². The molecule has 0 saturated heterocycles. The molecule has 28 heavy (non-hydrogen) atoms. The van der Waals surface area contributed by atoms with Crippen molar-refractivity contribution in [3.8, 4) is 0 Å². The van der Waals surface area contributed by atoms with Gasteiger partial charge in [0.2, 0.25) is 17.8 Å². The molecule has 2 heterocycles. The fourth-order valence-electron chi connectivity index (χ4n) is 4.05. The third kappa shape index (κ3) is 2.96. The van der Waals surface area contributed by atoms with E-state index in [1.165, 1.54) is 0 Å². The number of fused-ring (bicyclic) bond motifs is 2. The molecule has 7 nitrogen and oxygen atoms in total. The minimum Gasteiger partial charge on any atom is -0.293 e. The van der Waals surface area contributed by atoms with Gasteiger partial charge in [0.05, 0.1) is 17.8 Å². The summed E-state index contributed by atoms with van der Waals surface area (Å²) in [6, 6.07) is 4.91. The second-order valence-corrected chi connectivity index (χ2v) is 7.06. The molecule has 1 aromatic carbocycles. The number of rotatable bonds is 3. The Balaban J connectivity index is 1.63. The summed E-state index contributed by atoms with van der Waals surface area (Å²) >= 11 is 0. The van der Waals surface area contributed by atoms with Gasteiger partial charge in [0, 0.05) is 5.56 Å². The highest BCUT2D eigenvalue weighted by molar-refractivity contribution is 6.32. The Morgan fingerprint density at radius 1 is 1.21 bits per heavy atom. The van der Waals surface area contributed by atoms with Crippen LogP contribution in [0, 0.1) is 5.82 Å². The lowest BCUT2D eigenvalue weighted by Crippen LogP contribution is -2.55. The summed E-state index contributed by atoms with van der Waals surface area (Å²) in [7, 11) is 5.89. The van der Waals surface area contributed by atoms with Gasteiger partial charge in [-0.25, -0.2) is 14.4 Å². The molecule has 1 N–H and O–H groups in total. The molecule has 1 spiro atoms. The molecule has 2 radical (unpaired) electrons. The van der Waals surface area contributed by atoms with Gasteiger partial charge >= 0.3 is 0 Å². The maximum absolute atomic E-state index is 13.3. The van der Waals surface area contributed by atoms with Crippen molar-refractivity contribution in [3.05, 3.63) is 47.5 Å². The van der Waals surface area contributed by atoms with E-state index >= 15 is 0 Å². The van der Waals surface area contributed by atoms with Crippen molar-refractivity contribution >= 4 is 37.0 Å². The van der Waals surface area contributed by atoms with Crippen LogP contribution < -0.4 is 10.8 Å². The smallest absolute Gasteiger partial charge is 0.261 e. The monoisotopic (exact) mass is 378 g/mol. The first-order valence-electron chi connectivity index (χ1n) is 8.94. The van der Waals surface area contributed by atoms with Crippen LogP contribution >= 0.6 is 0 Å². The molecule has 140 valence electrons. The van der Waals surface area contributed by atoms with Crippen LogP contribution in [0.4, 0.5) is 10.3 Å². The standard InChI is InChI=1S/C19H16BFN4O3/c20-11-3-4-13-14(7-11)19(5-1-2-6-19)17(28)25(16(13)27)10-15(26)24-18-22-8-12(21)9-23-18/h3-4,7-9H,1-2,5-6,10H2,(H,22,23,24,26). The van der Waals surface area contributed by atoms with Gasteiger partial charge in [0.25, 0.3) is 5.91 Å². The molecule has 2 aromatic rings. The summed E-state index contributed by atoms with van der Waals surface area (Å²) < 4.78 is 12.9. The molecule has 1 saturated carbocycles. The molecule has 2 aliphatic rings. The first kappa shape index (κ1) is 18.3. The minimum atomic E-state index is -0.828. The van der Waals surface area contributed by atoms with Gasteiger partial charge in [0.15, 0.2) is 5.82 Å². The van der Waals surface area contributed by atoms with Gasteiger partial charge in [-0.3, -0.25) is 24.6 Å². The number of anilines is 1.